The number of rotatable bonds is 15. The van der Waals surface area contributed by atoms with Crippen LogP contribution in [-0.4, -0.2) is 64.8 Å². The highest BCUT2D eigenvalue weighted by atomic mass is 16.7. The smallest absolute Gasteiger partial charge is 0.334 e. The van der Waals surface area contributed by atoms with E-state index in [4.69, 9.17) is 9.57 Å². The average molecular weight is 558 g/mol. The molecule has 3 atom stereocenters. The molecule has 4 amide bonds. The lowest BCUT2D eigenvalue weighted by Crippen LogP contribution is -2.54. The molecule has 10 heteroatoms. The highest BCUT2D eigenvalue weighted by Crippen LogP contribution is 2.23. The minimum atomic E-state index is -0.817. The Morgan fingerprint density at radius 2 is 1.75 bits per heavy atom. The van der Waals surface area contributed by atoms with Gasteiger partial charge in [-0.1, -0.05) is 70.4 Å². The lowest BCUT2D eigenvalue weighted by Gasteiger charge is -2.32. The summed E-state index contributed by atoms with van der Waals surface area (Å²) in [5.41, 5.74) is 1.07. The summed E-state index contributed by atoms with van der Waals surface area (Å²) < 4.78 is 5.93. The van der Waals surface area contributed by atoms with E-state index < -0.39 is 35.7 Å². The van der Waals surface area contributed by atoms with Crippen molar-refractivity contribution in [2.24, 2.45) is 11.8 Å². The van der Waals surface area contributed by atoms with Crippen LogP contribution in [0.1, 0.15) is 84.1 Å². The van der Waals surface area contributed by atoms with Gasteiger partial charge in [-0.2, -0.15) is 0 Å². The Balaban J connectivity index is 1.61. The Bertz CT molecular complexity index is 1010. The van der Waals surface area contributed by atoms with Crippen LogP contribution in [0, 0.1) is 11.8 Å². The maximum atomic E-state index is 13.7. The van der Waals surface area contributed by atoms with Crippen LogP contribution in [0.3, 0.4) is 0 Å². The van der Waals surface area contributed by atoms with Crippen molar-refractivity contribution in [3.8, 4) is 0 Å². The van der Waals surface area contributed by atoms with Gasteiger partial charge in [0, 0.05) is 25.3 Å². The van der Waals surface area contributed by atoms with Crippen molar-refractivity contribution >= 4 is 29.6 Å². The number of ether oxygens (including phenoxy) is 1. The first kappa shape index (κ1) is 31.3. The van der Waals surface area contributed by atoms with E-state index >= 15 is 0 Å². The van der Waals surface area contributed by atoms with Gasteiger partial charge in [0.2, 0.25) is 11.8 Å². The number of hydrogen-bond acceptors (Lipinski definition) is 7. The molecular weight excluding hydrogens is 514 g/mol. The molecule has 0 aromatic heterocycles. The first-order valence-electron chi connectivity index (χ1n) is 14.5. The van der Waals surface area contributed by atoms with E-state index in [0.29, 0.717) is 31.2 Å². The van der Waals surface area contributed by atoms with Crippen molar-refractivity contribution < 1.29 is 33.5 Å². The fourth-order valence-electron chi connectivity index (χ4n) is 5.11. The van der Waals surface area contributed by atoms with Crippen molar-refractivity contribution in [3.05, 3.63) is 35.9 Å². The van der Waals surface area contributed by atoms with Crippen LogP contribution in [0.25, 0.3) is 0 Å². The Kier molecular flexibility index (Phi) is 12.1. The quantitative estimate of drug-likeness (QED) is 0.259. The maximum absolute atomic E-state index is 13.7. The number of carbonyl (C=O) groups is 5. The van der Waals surface area contributed by atoms with Crippen molar-refractivity contribution in [3.63, 3.8) is 0 Å². The van der Waals surface area contributed by atoms with Gasteiger partial charge >= 0.3 is 5.97 Å². The molecule has 0 saturated carbocycles. The minimum Gasteiger partial charge on any atom is -0.375 e. The number of unbranched alkanes of at least 4 members (excludes halogenated alkanes) is 2. The molecule has 1 aromatic rings. The van der Waals surface area contributed by atoms with Gasteiger partial charge in [0.1, 0.15) is 6.04 Å². The predicted molar refractivity (Wildman–Crippen MR) is 147 cm³/mol. The number of amides is 4. The number of nitrogens with one attached hydrogen (secondary N) is 1. The van der Waals surface area contributed by atoms with Crippen molar-refractivity contribution in [1.82, 2.24) is 15.3 Å². The number of benzene rings is 1. The second-order valence-electron chi connectivity index (χ2n) is 11.0. The molecule has 2 heterocycles. The summed E-state index contributed by atoms with van der Waals surface area (Å²) in [7, 11) is 0. The summed E-state index contributed by atoms with van der Waals surface area (Å²) in [6.07, 6.45) is 4.37. The number of nitrogens with zero attached hydrogens (tertiary/aromatic N) is 2. The molecule has 2 fully saturated rings. The first-order chi connectivity index (χ1) is 19.2. The first-order valence-corrected chi connectivity index (χ1v) is 14.5. The van der Waals surface area contributed by atoms with Crippen molar-refractivity contribution in [2.45, 2.75) is 97.2 Å². The van der Waals surface area contributed by atoms with Gasteiger partial charge in [-0.25, -0.2) is 4.79 Å². The Hall–Kier alpha value is -3.27. The Morgan fingerprint density at radius 3 is 2.40 bits per heavy atom. The summed E-state index contributed by atoms with van der Waals surface area (Å²) in [6.45, 7) is 7.28. The molecule has 1 aromatic carbocycles. The highest BCUT2D eigenvalue weighted by molar-refractivity contribution is 6.01. The lowest BCUT2D eigenvalue weighted by molar-refractivity contribution is -0.198. The zero-order chi connectivity index (χ0) is 29.1. The largest absolute Gasteiger partial charge is 0.375 e. The van der Waals surface area contributed by atoms with Gasteiger partial charge in [-0.15, -0.1) is 5.06 Å². The molecule has 0 aliphatic carbocycles. The van der Waals surface area contributed by atoms with Crippen LogP contribution in [0.5, 0.6) is 0 Å². The van der Waals surface area contributed by atoms with Gasteiger partial charge < -0.3 is 19.8 Å². The van der Waals surface area contributed by atoms with E-state index in [0.717, 1.165) is 37.7 Å². The van der Waals surface area contributed by atoms with Gasteiger partial charge in [0.05, 0.1) is 25.7 Å². The highest BCUT2D eigenvalue weighted by Gasteiger charge is 2.38. The normalized spacial score (nSPS) is 18.8. The molecule has 0 bridgehead atoms. The third-order valence-corrected chi connectivity index (χ3v) is 7.45. The molecule has 40 heavy (non-hydrogen) atoms. The van der Waals surface area contributed by atoms with E-state index in [-0.39, 0.29) is 37.1 Å². The fraction of sp³-hybridized carbons (Fsp3) is 0.633. The molecule has 1 N–H and O–H groups in total. The molecule has 10 nitrogen and oxygen atoms in total. The van der Waals surface area contributed by atoms with Crippen LogP contribution in [0.15, 0.2) is 30.3 Å². The molecular formula is C30H43N3O7. The van der Waals surface area contributed by atoms with Crippen LogP contribution in [0.2, 0.25) is 0 Å². The average Bonchev–Trinajstić information content (AvgIpc) is 3.53. The third kappa shape index (κ3) is 8.87. The number of imide groups is 1. The van der Waals surface area contributed by atoms with E-state index in [9.17, 15) is 24.0 Å². The monoisotopic (exact) mass is 557 g/mol. The molecule has 2 saturated heterocycles. The van der Waals surface area contributed by atoms with E-state index in [2.05, 4.69) is 5.32 Å². The van der Waals surface area contributed by atoms with Gasteiger partial charge in [-0.05, 0) is 30.7 Å². The molecule has 220 valence electrons. The predicted octanol–water partition coefficient (Wildman–Crippen LogP) is 3.53. The zero-order valence-corrected chi connectivity index (χ0v) is 23.9. The van der Waals surface area contributed by atoms with Crippen LogP contribution in [-0.2, 0) is 40.2 Å². The number of hydrogen-bond donors (Lipinski definition) is 1. The summed E-state index contributed by atoms with van der Waals surface area (Å²) >= 11 is 0. The molecule has 0 radical (unpaired) electrons. The number of hydroxylamine groups is 2. The molecule has 0 unspecified atom stereocenters. The van der Waals surface area contributed by atoms with Crippen LogP contribution < -0.4 is 5.32 Å². The Labute approximate surface area is 236 Å². The molecule has 2 aliphatic heterocycles. The molecule has 0 spiro atoms. The van der Waals surface area contributed by atoms with Crippen LogP contribution >= 0.6 is 0 Å². The molecule has 3 rings (SSSR count). The summed E-state index contributed by atoms with van der Waals surface area (Å²) in [5.74, 6) is -3.43. The zero-order valence-electron chi connectivity index (χ0n) is 23.9. The second-order valence-corrected chi connectivity index (χ2v) is 11.0. The second kappa shape index (κ2) is 15.5. The van der Waals surface area contributed by atoms with E-state index in [1.54, 1.807) is 4.90 Å². The summed E-state index contributed by atoms with van der Waals surface area (Å²) in [6, 6.07) is 9.04. The van der Waals surface area contributed by atoms with Crippen molar-refractivity contribution in [1.29, 1.82) is 0 Å². The summed E-state index contributed by atoms with van der Waals surface area (Å²) in [4.78, 5) is 70.2. The van der Waals surface area contributed by atoms with Gasteiger partial charge in [-0.3, -0.25) is 19.2 Å². The maximum Gasteiger partial charge on any atom is 0.334 e. The van der Waals surface area contributed by atoms with Crippen LogP contribution in [0.4, 0.5) is 0 Å². The van der Waals surface area contributed by atoms with Gasteiger partial charge in [0.25, 0.3) is 11.8 Å². The molecule has 2 aliphatic rings. The van der Waals surface area contributed by atoms with E-state index in [1.807, 2.05) is 51.1 Å². The van der Waals surface area contributed by atoms with E-state index in [1.165, 1.54) is 0 Å². The standard InChI is InChI=1S/C30H43N3O7/c1-4-5-7-13-23(18-27(36)40-33-25(34)15-16-26(33)35)29(37)31-28(21(2)3)30(38)32-17-10-14-24(32)20-39-19-22-11-8-6-9-12-22/h6,8-9,11-12,21,23-24,28H,4-5,7,10,13-20H2,1-3H3,(H,31,37)/t23-,24+,28+/m0/s1. The topological polar surface area (TPSA) is 122 Å². The fourth-order valence-corrected chi connectivity index (χ4v) is 5.11. The SMILES string of the molecule is CCCCC[C@@H](CC(=O)ON1C(=O)CCC1=O)C(=O)N[C@@H](C(=O)N1CCC[C@@H]1COCc1ccccc1)C(C)C. The van der Waals surface area contributed by atoms with Gasteiger partial charge in [0.15, 0.2) is 0 Å². The lowest BCUT2D eigenvalue weighted by atomic mass is 9.95. The summed E-state index contributed by atoms with van der Waals surface area (Å²) in [5, 5.41) is 3.41. The number of carbonyl (C=O) groups excluding carboxylic acids is 5. The third-order valence-electron chi connectivity index (χ3n) is 7.45. The number of likely N-dealkylation sites (tertiary alicyclic amines) is 1. The minimum absolute atomic E-state index is 0.000499. The van der Waals surface area contributed by atoms with Crippen molar-refractivity contribution in [2.75, 3.05) is 13.2 Å². The Morgan fingerprint density at radius 1 is 1.05 bits per heavy atom.